The van der Waals surface area contributed by atoms with Crippen LogP contribution in [0.2, 0.25) is 0 Å². The minimum Gasteiger partial charge on any atom is -0.503 e. The van der Waals surface area contributed by atoms with Crippen molar-refractivity contribution >= 4 is 44.1 Å². The molecule has 1 N–H and O–H groups in total. The highest BCUT2D eigenvalue weighted by atomic mass is 32.1. The van der Waals surface area contributed by atoms with Crippen LogP contribution in [0.1, 0.15) is 40.4 Å². The van der Waals surface area contributed by atoms with E-state index in [1.165, 1.54) is 46.6 Å². The number of aliphatic hydroxyl groups excluding tert-OH is 1. The zero-order valence-corrected chi connectivity index (χ0v) is 19.5. The summed E-state index contributed by atoms with van der Waals surface area (Å²) in [5.41, 5.74) is 1.88. The van der Waals surface area contributed by atoms with Crippen molar-refractivity contribution in [1.82, 2.24) is 4.98 Å². The Bertz CT molecular complexity index is 1530. The van der Waals surface area contributed by atoms with E-state index < -0.39 is 28.4 Å². The van der Waals surface area contributed by atoms with E-state index in [2.05, 4.69) is 4.98 Å². The molecule has 2 aromatic heterocycles. The fourth-order valence-electron chi connectivity index (χ4n) is 4.10. The number of carbonyl (C=O) groups excluding carboxylic acids is 2. The summed E-state index contributed by atoms with van der Waals surface area (Å²) >= 11 is 1.26. The van der Waals surface area contributed by atoms with E-state index in [0.29, 0.717) is 22.0 Å². The molecule has 9 nitrogen and oxygen atoms in total. The molecule has 4 aromatic rings. The molecule has 0 saturated heterocycles. The number of hydrogen-bond acceptors (Lipinski definition) is 8. The van der Waals surface area contributed by atoms with Crippen molar-refractivity contribution in [3.05, 3.63) is 98.7 Å². The number of hydrogen-bond donors (Lipinski definition) is 1. The predicted molar refractivity (Wildman–Crippen MR) is 130 cm³/mol. The standard InChI is InChI=1S/C25H19N3O6S/c1-3-14-5-10-17-19(12-14)35-25(26-17)27-21(15-6-8-16(9-7-15)28(32)33)20(23(30)24(27)31)22(29)18-11-4-13(2)34-18/h4-12,21,30H,3H2,1-2H3/t21-/m1/s1. The number of non-ortho nitro benzene ring substituents is 1. The molecular weight excluding hydrogens is 470 g/mol. The number of carbonyl (C=O) groups is 2. The topological polar surface area (TPSA) is 127 Å². The van der Waals surface area contributed by atoms with Gasteiger partial charge in [-0.3, -0.25) is 24.6 Å². The maximum absolute atomic E-state index is 13.4. The average Bonchev–Trinajstić information content (AvgIpc) is 3.54. The second-order valence-electron chi connectivity index (χ2n) is 8.08. The van der Waals surface area contributed by atoms with E-state index in [1.54, 1.807) is 13.0 Å². The summed E-state index contributed by atoms with van der Waals surface area (Å²) in [7, 11) is 0. The van der Waals surface area contributed by atoms with Crippen LogP contribution in [0.25, 0.3) is 10.2 Å². The molecule has 10 heteroatoms. The first-order chi connectivity index (χ1) is 16.8. The largest absolute Gasteiger partial charge is 0.503 e. The molecule has 5 rings (SSSR count). The lowest BCUT2D eigenvalue weighted by atomic mass is 9.95. The quantitative estimate of drug-likeness (QED) is 0.217. The zero-order valence-electron chi connectivity index (χ0n) is 18.7. The summed E-state index contributed by atoms with van der Waals surface area (Å²) in [6, 6.07) is 13.3. The van der Waals surface area contributed by atoms with Crippen molar-refractivity contribution in [2.75, 3.05) is 4.90 Å². The number of rotatable bonds is 6. The van der Waals surface area contributed by atoms with Crippen molar-refractivity contribution in [2.24, 2.45) is 0 Å². The van der Waals surface area contributed by atoms with Gasteiger partial charge in [-0.05, 0) is 60.9 Å². The molecule has 0 saturated carbocycles. The van der Waals surface area contributed by atoms with Crippen molar-refractivity contribution < 1.29 is 24.0 Å². The van der Waals surface area contributed by atoms with Crippen LogP contribution < -0.4 is 4.90 Å². The molecule has 1 aliphatic rings. The Morgan fingerprint density at radius 1 is 1.20 bits per heavy atom. The van der Waals surface area contributed by atoms with Gasteiger partial charge in [-0.25, -0.2) is 4.98 Å². The lowest BCUT2D eigenvalue weighted by Gasteiger charge is -2.24. The summed E-state index contributed by atoms with van der Waals surface area (Å²) in [5, 5.41) is 22.3. The smallest absolute Gasteiger partial charge is 0.296 e. The van der Waals surface area contributed by atoms with E-state index in [9.17, 15) is 24.8 Å². The van der Waals surface area contributed by atoms with Crippen molar-refractivity contribution in [3.63, 3.8) is 0 Å². The summed E-state index contributed by atoms with van der Waals surface area (Å²) in [4.78, 5) is 43.2. The molecule has 1 aliphatic heterocycles. The fraction of sp³-hybridized carbons (Fsp3) is 0.160. The molecule has 0 spiro atoms. The Hall–Kier alpha value is -4.31. The SMILES string of the molecule is CCc1ccc2nc(N3C(=O)C(O)=C(C(=O)c4ccc(C)o4)[C@H]3c3ccc([N+](=O)[O-])cc3)sc2c1. The first kappa shape index (κ1) is 22.5. The van der Waals surface area contributed by atoms with Gasteiger partial charge in [0.2, 0.25) is 5.78 Å². The van der Waals surface area contributed by atoms with Gasteiger partial charge in [0.25, 0.3) is 11.6 Å². The lowest BCUT2D eigenvalue weighted by molar-refractivity contribution is -0.384. The normalized spacial score (nSPS) is 15.9. The molecule has 1 atom stereocenters. The van der Waals surface area contributed by atoms with Crippen LogP contribution >= 0.6 is 11.3 Å². The summed E-state index contributed by atoms with van der Waals surface area (Å²) < 4.78 is 6.32. The molecule has 35 heavy (non-hydrogen) atoms. The first-order valence-electron chi connectivity index (χ1n) is 10.8. The Labute approximate surface area is 203 Å². The van der Waals surface area contributed by atoms with Gasteiger partial charge >= 0.3 is 0 Å². The van der Waals surface area contributed by atoms with Crippen LogP contribution in [0.15, 0.2) is 70.3 Å². The number of furan rings is 1. The number of amides is 1. The van der Waals surface area contributed by atoms with Gasteiger partial charge in [0, 0.05) is 12.1 Å². The number of nitro benzene ring substituents is 1. The Morgan fingerprint density at radius 3 is 2.57 bits per heavy atom. The Kier molecular flexibility index (Phi) is 5.45. The molecular formula is C25H19N3O6S. The predicted octanol–water partition coefficient (Wildman–Crippen LogP) is 5.45. The molecule has 0 aliphatic carbocycles. The fourth-order valence-corrected chi connectivity index (χ4v) is 5.15. The third kappa shape index (κ3) is 3.77. The lowest BCUT2D eigenvalue weighted by Crippen LogP contribution is -2.30. The number of aromatic nitrogens is 1. The van der Waals surface area contributed by atoms with Crippen molar-refractivity contribution in [2.45, 2.75) is 26.3 Å². The van der Waals surface area contributed by atoms with Crippen LogP contribution in [-0.2, 0) is 11.2 Å². The Balaban J connectivity index is 1.66. The maximum atomic E-state index is 13.4. The molecule has 2 aromatic carbocycles. The molecule has 3 heterocycles. The van der Waals surface area contributed by atoms with Crippen LogP contribution in [0, 0.1) is 17.0 Å². The van der Waals surface area contributed by atoms with Crippen LogP contribution in [0.5, 0.6) is 0 Å². The van der Waals surface area contributed by atoms with Gasteiger partial charge in [0.15, 0.2) is 16.7 Å². The van der Waals surface area contributed by atoms with Gasteiger partial charge < -0.3 is 9.52 Å². The molecule has 0 radical (unpaired) electrons. The molecule has 1 amide bonds. The van der Waals surface area contributed by atoms with Gasteiger partial charge in [0.1, 0.15) is 5.76 Å². The number of thiazole rings is 1. The van der Waals surface area contributed by atoms with Gasteiger partial charge in [0.05, 0.1) is 26.8 Å². The second-order valence-corrected chi connectivity index (χ2v) is 9.09. The maximum Gasteiger partial charge on any atom is 0.296 e. The average molecular weight is 490 g/mol. The van der Waals surface area contributed by atoms with Crippen LogP contribution in [0.4, 0.5) is 10.8 Å². The number of aliphatic hydroxyl groups is 1. The van der Waals surface area contributed by atoms with Gasteiger partial charge in [-0.2, -0.15) is 0 Å². The van der Waals surface area contributed by atoms with E-state index >= 15 is 0 Å². The monoisotopic (exact) mass is 489 g/mol. The Morgan fingerprint density at radius 2 is 1.94 bits per heavy atom. The van der Waals surface area contributed by atoms with Gasteiger partial charge in [-0.1, -0.05) is 24.3 Å². The van der Waals surface area contributed by atoms with E-state index in [4.69, 9.17) is 4.42 Å². The van der Waals surface area contributed by atoms with E-state index in [-0.39, 0.29) is 17.0 Å². The highest BCUT2D eigenvalue weighted by molar-refractivity contribution is 7.22. The van der Waals surface area contributed by atoms with Crippen LogP contribution in [0.3, 0.4) is 0 Å². The molecule has 0 fully saturated rings. The summed E-state index contributed by atoms with van der Waals surface area (Å²) in [6.07, 6.45) is 0.834. The highest BCUT2D eigenvalue weighted by Crippen LogP contribution is 2.44. The first-order valence-corrected chi connectivity index (χ1v) is 11.6. The van der Waals surface area contributed by atoms with Crippen molar-refractivity contribution in [1.29, 1.82) is 0 Å². The number of ketones is 1. The molecule has 176 valence electrons. The van der Waals surface area contributed by atoms with Gasteiger partial charge in [-0.15, -0.1) is 0 Å². The third-order valence-corrected chi connectivity index (χ3v) is 6.91. The number of aryl methyl sites for hydroxylation is 2. The summed E-state index contributed by atoms with van der Waals surface area (Å²) in [6.45, 7) is 3.71. The van der Waals surface area contributed by atoms with E-state index in [0.717, 1.165) is 16.7 Å². The summed E-state index contributed by atoms with van der Waals surface area (Å²) in [5.74, 6) is -1.67. The number of anilines is 1. The molecule has 0 bridgehead atoms. The van der Waals surface area contributed by atoms with Crippen LogP contribution in [-0.4, -0.2) is 26.7 Å². The highest BCUT2D eigenvalue weighted by Gasteiger charge is 2.46. The van der Waals surface area contributed by atoms with E-state index in [1.807, 2.05) is 25.1 Å². The number of benzene rings is 2. The number of fused-ring (bicyclic) bond motifs is 1. The minimum atomic E-state index is -1.05. The van der Waals surface area contributed by atoms with Crippen molar-refractivity contribution in [3.8, 4) is 0 Å². The minimum absolute atomic E-state index is 0.0255. The third-order valence-electron chi connectivity index (χ3n) is 5.89. The zero-order chi connectivity index (χ0) is 24.9. The second kappa shape index (κ2) is 8.48. The number of nitrogens with zero attached hydrogens (tertiary/aromatic N) is 3. The number of nitro groups is 1. The number of Topliss-reactive ketones (excluding diaryl/α,β-unsaturated/α-hetero) is 1. The molecule has 0 unspecified atom stereocenters.